The molecular weight excluding hydrogens is 371 g/mol. The average molecular weight is 385 g/mol. The Hall–Kier alpha value is -0.286. The first-order valence-electron chi connectivity index (χ1n) is 6.10. The van der Waals surface area contributed by atoms with Crippen molar-refractivity contribution in [2.45, 2.75) is 32.0 Å². The van der Waals surface area contributed by atoms with E-state index in [4.69, 9.17) is 20.4 Å². The summed E-state index contributed by atoms with van der Waals surface area (Å²) in [5, 5.41) is 4.31. The quantitative estimate of drug-likeness (QED) is 0.461. The van der Waals surface area contributed by atoms with Gasteiger partial charge in [-0.1, -0.05) is 31.0 Å². The monoisotopic (exact) mass is 383 g/mol. The summed E-state index contributed by atoms with van der Waals surface area (Å²) in [5.41, 5.74) is -0.0591. The van der Waals surface area contributed by atoms with Crippen LogP contribution in [0.15, 0.2) is 29.3 Å². The van der Waals surface area contributed by atoms with Gasteiger partial charge >= 0.3 is 39.2 Å². The third-order valence-corrected chi connectivity index (χ3v) is 2.97. The van der Waals surface area contributed by atoms with Gasteiger partial charge in [0.15, 0.2) is 0 Å². The first-order chi connectivity index (χ1) is 9.90. The van der Waals surface area contributed by atoms with Gasteiger partial charge in [-0.3, -0.25) is 4.99 Å². The maximum atomic E-state index is 12.8. The Bertz CT molecular complexity index is 475. The molecule has 1 unspecified atom stereocenters. The maximum absolute atomic E-state index is 12.8. The number of alkyl halides is 3. The van der Waals surface area contributed by atoms with Gasteiger partial charge in [0.25, 0.3) is 0 Å². The van der Waals surface area contributed by atoms with Crippen molar-refractivity contribution in [3.05, 3.63) is 35.1 Å². The second-order valence-corrected chi connectivity index (χ2v) is 6.01. The molecule has 1 saturated heterocycles. The van der Waals surface area contributed by atoms with Crippen molar-refractivity contribution >= 4 is 31.8 Å². The van der Waals surface area contributed by atoms with E-state index < -0.39 is 11.7 Å². The van der Waals surface area contributed by atoms with Crippen LogP contribution in [0.2, 0.25) is 0 Å². The Morgan fingerprint density at radius 1 is 1.33 bits per heavy atom. The van der Waals surface area contributed by atoms with Crippen molar-refractivity contribution in [2.75, 3.05) is 6.54 Å². The van der Waals surface area contributed by atoms with Crippen molar-refractivity contribution in [1.82, 2.24) is 0 Å². The zero-order chi connectivity index (χ0) is 15.9. The van der Waals surface area contributed by atoms with E-state index in [1.165, 1.54) is 12.1 Å². The van der Waals surface area contributed by atoms with Crippen molar-refractivity contribution in [3.63, 3.8) is 0 Å². The molecule has 1 aliphatic heterocycles. The first-order valence-corrected chi connectivity index (χ1v) is 8.82. The van der Waals surface area contributed by atoms with Gasteiger partial charge in [0.1, 0.15) is 0 Å². The number of hydrogen-bond acceptors (Lipinski definition) is 1. The normalized spacial score (nSPS) is 19.3. The average Bonchev–Trinajstić information content (AvgIpc) is 2.93. The number of rotatable bonds is 2. The summed E-state index contributed by atoms with van der Waals surface area (Å²) < 4.78 is 38.3. The molecule has 0 radical (unpaired) electrons. The van der Waals surface area contributed by atoms with Gasteiger partial charge in [0, 0.05) is 0 Å². The fourth-order valence-corrected chi connectivity index (χ4v) is 2.04. The standard InChI is InChI=1S/C13H14F3N2.2ClH.Ni/c1-9(11-7-4-8-17-11)18-12-6-3-2-5-10(12)13(14,15)16;;;/h2-3,5-6,11H,4,7-8H2,1H3;2*1H;/q-1;;;+3/p-2. The van der Waals surface area contributed by atoms with E-state index in [0.29, 0.717) is 18.4 Å². The number of benzene rings is 1. The Balaban J connectivity index is 0.000000677. The summed E-state index contributed by atoms with van der Waals surface area (Å²) in [6, 6.07) is 5.36. The van der Waals surface area contributed by atoms with Gasteiger partial charge in [-0.05, 0) is 24.8 Å². The zero-order valence-electron chi connectivity index (χ0n) is 11.1. The molecule has 1 fully saturated rings. The fraction of sp³-hybridized carbons (Fsp3) is 0.462. The van der Waals surface area contributed by atoms with Crippen molar-refractivity contribution in [3.8, 4) is 0 Å². The summed E-state index contributed by atoms with van der Waals surface area (Å²) in [6.45, 7) is 2.52. The van der Waals surface area contributed by atoms with Crippen LogP contribution in [0.5, 0.6) is 0 Å². The van der Waals surface area contributed by atoms with Gasteiger partial charge in [0.05, 0.1) is 11.3 Å². The second kappa shape index (κ2) is 8.99. The summed E-state index contributed by atoms with van der Waals surface area (Å²) >= 11 is 0.569. The molecule has 1 heterocycles. The molecule has 0 spiro atoms. The Labute approximate surface area is 136 Å². The predicted octanol–water partition coefficient (Wildman–Crippen LogP) is 5.71. The molecule has 8 heteroatoms. The van der Waals surface area contributed by atoms with E-state index in [-0.39, 0.29) is 11.7 Å². The zero-order valence-corrected chi connectivity index (χ0v) is 13.6. The molecule has 0 bridgehead atoms. The summed E-state index contributed by atoms with van der Waals surface area (Å²) in [5.74, 6) is 0. The molecule has 21 heavy (non-hydrogen) atoms. The molecule has 0 aromatic heterocycles. The van der Waals surface area contributed by atoms with Gasteiger partial charge in [-0.2, -0.15) is 13.2 Å². The molecule has 2 nitrogen and oxygen atoms in total. The van der Waals surface area contributed by atoms with Crippen LogP contribution in [0.3, 0.4) is 0 Å². The summed E-state index contributed by atoms with van der Waals surface area (Å²) in [6.07, 6.45) is -2.50. The van der Waals surface area contributed by atoms with E-state index in [9.17, 15) is 13.2 Å². The van der Waals surface area contributed by atoms with Gasteiger partial charge in [-0.25, -0.2) is 0 Å². The predicted molar refractivity (Wildman–Crippen MR) is 77.2 cm³/mol. The van der Waals surface area contributed by atoms with Gasteiger partial charge in [-0.15, -0.1) is 6.54 Å². The Morgan fingerprint density at radius 3 is 2.48 bits per heavy atom. The minimum absolute atomic E-state index is 0.0220. The number of para-hydroxylation sites is 1. The molecule has 1 aliphatic rings. The van der Waals surface area contributed by atoms with Crippen molar-refractivity contribution in [1.29, 1.82) is 0 Å². The Morgan fingerprint density at radius 2 is 1.95 bits per heavy atom. The SMILES string of the molecule is CC(=Nc1ccccc1C(F)(F)F)C1CCC[N-]1.[Cl][Ni+][Cl]. The van der Waals surface area contributed by atoms with Crippen LogP contribution in [0.4, 0.5) is 18.9 Å². The third-order valence-electron chi connectivity index (χ3n) is 2.97. The van der Waals surface area contributed by atoms with Gasteiger partial charge in [0.2, 0.25) is 0 Å². The van der Waals surface area contributed by atoms with E-state index in [1.807, 2.05) is 0 Å². The molecule has 0 aliphatic carbocycles. The van der Waals surface area contributed by atoms with E-state index >= 15 is 0 Å². The molecule has 0 amide bonds. The molecule has 2 rings (SSSR count). The summed E-state index contributed by atoms with van der Waals surface area (Å²) in [7, 11) is 9.40. The van der Waals surface area contributed by atoms with Crippen LogP contribution in [0.25, 0.3) is 5.32 Å². The van der Waals surface area contributed by atoms with Gasteiger partial charge < -0.3 is 5.32 Å². The Kier molecular flexibility index (Phi) is 8.03. The van der Waals surface area contributed by atoms with Crippen molar-refractivity contribution < 1.29 is 25.8 Å². The first kappa shape index (κ1) is 18.8. The number of halogens is 5. The van der Waals surface area contributed by atoms with Crippen LogP contribution < -0.4 is 0 Å². The van der Waals surface area contributed by atoms with Crippen LogP contribution in [0, 0.1) is 0 Å². The number of hydrogen-bond donors (Lipinski definition) is 0. The van der Waals surface area contributed by atoms with Crippen molar-refractivity contribution in [2.24, 2.45) is 4.99 Å². The molecule has 121 valence electrons. The van der Waals surface area contributed by atoms with Crippen LogP contribution in [0.1, 0.15) is 25.3 Å². The van der Waals surface area contributed by atoms with E-state index in [1.54, 1.807) is 13.0 Å². The molecule has 1 aromatic rings. The van der Waals surface area contributed by atoms with Crippen LogP contribution in [-0.2, 0) is 18.8 Å². The minimum atomic E-state index is -4.37. The van der Waals surface area contributed by atoms with E-state index in [0.717, 1.165) is 25.5 Å². The van der Waals surface area contributed by atoms with Crippen LogP contribution >= 0.6 is 20.4 Å². The van der Waals surface area contributed by atoms with Crippen LogP contribution in [-0.4, -0.2) is 18.3 Å². The molecule has 0 saturated carbocycles. The molecule has 1 aromatic carbocycles. The number of aliphatic imine (C=N–C) groups is 1. The number of nitrogens with zero attached hydrogens (tertiary/aromatic N) is 2. The second-order valence-electron chi connectivity index (χ2n) is 4.38. The topological polar surface area (TPSA) is 26.5 Å². The molecular formula is C13H14Cl2F3N2Ni. The molecule has 0 N–H and O–H groups in total. The summed E-state index contributed by atoms with van der Waals surface area (Å²) in [4.78, 5) is 4.11. The fourth-order valence-electron chi connectivity index (χ4n) is 2.04. The van der Waals surface area contributed by atoms with E-state index in [2.05, 4.69) is 10.3 Å². The third kappa shape index (κ3) is 6.15. The molecule has 1 atom stereocenters.